The minimum absolute atomic E-state index is 0. The number of hydrogen-bond donors (Lipinski definition) is 2. The lowest BCUT2D eigenvalue weighted by Crippen LogP contribution is -2.41. The summed E-state index contributed by atoms with van der Waals surface area (Å²) in [6, 6.07) is 8.74. The molecule has 124 valence electrons. The van der Waals surface area contributed by atoms with Gasteiger partial charge in [-0.05, 0) is 42.3 Å². The van der Waals surface area contributed by atoms with Gasteiger partial charge in [0.2, 0.25) is 5.91 Å². The van der Waals surface area contributed by atoms with Crippen LogP contribution >= 0.6 is 12.4 Å². The van der Waals surface area contributed by atoms with E-state index in [-0.39, 0.29) is 29.6 Å². The van der Waals surface area contributed by atoms with Gasteiger partial charge in [-0.15, -0.1) is 12.4 Å². The highest BCUT2D eigenvalue weighted by molar-refractivity contribution is 5.85. The van der Waals surface area contributed by atoms with E-state index in [1.165, 1.54) is 11.1 Å². The third-order valence-electron chi connectivity index (χ3n) is 4.20. The minimum atomic E-state index is 0. The summed E-state index contributed by atoms with van der Waals surface area (Å²) in [6.07, 6.45) is 3.02. The zero-order chi connectivity index (χ0) is 15.3. The highest BCUT2D eigenvalue weighted by Crippen LogP contribution is 2.22. The second-order valence-electron chi connectivity index (χ2n) is 7.03. The summed E-state index contributed by atoms with van der Waals surface area (Å²) in [6.45, 7) is 9.27. The first-order valence-corrected chi connectivity index (χ1v) is 8.04. The van der Waals surface area contributed by atoms with Gasteiger partial charge in [-0.3, -0.25) is 4.79 Å². The fourth-order valence-electron chi connectivity index (χ4n) is 2.72. The molecule has 0 aliphatic carbocycles. The second-order valence-corrected chi connectivity index (χ2v) is 7.03. The molecule has 1 aromatic rings. The number of benzene rings is 1. The van der Waals surface area contributed by atoms with E-state index in [0.29, 0.717) is 0 Å². The number of nitrogens with one attached hydrogen (secondary N) is 2. The normalized spacial score (nSPS) is 18.4. The van der Waals surface area contributed by atoms with Crippen molar-refractivity contribution in [2.45, 2.75) is 45.4 Å². The minimum Gasteiger partial charge on any atom is -0.355 e. The third-order valence-corrected chi connectivity index (χ3v) is 4.20. The van der Waals surface area contributed by atoms with E-state index < -0.39 is 0 Å². The van der Waals surface area contributed by atoms with E-state index in [1.807, 2.05) is 0 Å². The molecule has 1 unspecified atom stereocenters. The lowest BCUT2D eigenvalue weighted by atomic mass is 9.86. The van der Waals surface area contributed by atoms with Crippen LogP contribution in [-0.4, -0.2) is 25.5 Å². The van der Waals surface area contributed by atoms with Gasteiger partial charge in [-0.25, -0.2) is 0 Å². The third kappa shape index (κ3) is 5.62. The van der Waals surface area contributed by atoms with Crippen molar-refractivity contribution in [3.05, 3.63) is 35.4 Å². The molecule has 2 rings (SSSR count). The number of hydrogen-bond acceptors (Lipinski definition) is 2. The standard InChI is InChI=1S/C18H28N2O.ClH/c1-18(2,3)16-8-6-14(7-9-16)10-12-20-17(21)15-5-4-11-19-13-15;/h6-9,15,19H,4-5,10-13H2,1-3H3,(H,20,21);1H. The Kier molecular flexibility index (Phi) is 7.37. The molecule has 1 aromatic carbocycles. The van der Waals surface area contributed by atoms with Crippen molar-refractivity contribution in [2.75, 3.05) is 19.6 Å². The lowest BCUT2D eigenvalue weighted by Gasteiger charge is -2.22. The monoisotopic (exact) mass is 324 g/mol. The van der Waals surface area contributed by atoms with Crippen molar-refractivity contribution in [3.8, 4) is 0 Å². The Bertz CT molecular complexity index is 459. The zero-order valence-corrected chi connectivity index (χ0v) is 14.8. The number of carbonyl (C=O) groups excluding carboxylic acids is 1. The maximum Gasteiger partial charge on any atom is 0.224 e. The summed E-state index contributed by atoms with van der Waals surface area (Å²) in [7, 11) is 0. The first-order valence-electron chi connectivity index (χ1n) is 8.04. The molecular weight excluding hydrogens is 296 g/mol. The lowest BCUT2D eigenvalue weighted by molar-refractivity contribution is -0.125. The first-order chi connectivity index (χ1) is 9.97. The number of carbonyl (C=O) groups is 1. The molecule has 0 spiro atoms. The van der Waals surface area contributed by atoms with Crippen LogP contribution in [0.5, 0.6) is 0 Å². The topological polar surface area (TPSA) is 41.1 Å². The number of rotatable bonds is 4. The summed E-state index contributed by atoms with van der Waals surface area (Å²) in [5.74, 6) is 0.357. The quantitative estimate of drug-likeness (QED) is 0.893. The highest BCUT2D eigenvalue weighted by atomic mass is 35.5. The molecule has 22 heavy (non-hydrogen) atoms. The van der Waals surface area contributed by atoms with Crippen LogP contribution in [0.1, 0.15) is 44.7 Å². The van der Waals surface area contributed by atoms with Crippen molar-refractivity contribution < 1.29 is 4.79 Å². The average molecular weight is 325 g/mol. The van der Waals surface area contributed by atoms with Crippen molar-refractivity contribution in [3.63, 3.8) is 0 Å². The predicted molar refractivity (Wildman–Crippen MR) is 94.7 cm³/mol. The summed E-state index contributed by atoms with van der Waals surface area (Å²) < 4.78 is 0. The van der Waals surface area contributed by atoms with Gasteiger partial charge in [0.05, 0.1) is 5.92 Å². The molecule has 2 N–H and O–H groups in total. The summed E-state index contributed by atoms with van der Waals surface area (Å²) in [5.41, 5.74) is 2.83. The number of amides is 1. The first kappa shape index (κ1) is 19.0. The van der Waals surface area contributed by atoms with Gasteiger partial charge < -0.3 is 10.6 Å². The molecule has 4 heteroatoms. The predicted octanol–water partition coefficient (Wildman–Crippen LogP) is 3.06. The van der Waals surface area contributed by atoms with E-state index in [9.17, 15) is 4.79 Å². The van der Waals surface area contributed by atoms with E-state index in [0.717, 1.165) is 38.9 Å². The molecule has 1 aliphatic heterocycles. The van der Waals surface area contributed by atoms with E-state index in [4.69, 9.17) is 0 Å². The molecule has 1 atom stereocenters. The van der Waals surface area contributed by atoms with Gasteiger partial charge in [0.15, 0.2) is 0 Å². The molecule has 1 fully saturated rings. The molecule has 1 amide bonds. The van der Waals surface area contributed by atoms with Gasteiger partial charge >= 0.3 is 0 Å². The number of piperidine rings is 1. The van der Waals surface area contributed by atoms with Crippen molar-refractivity contribution in [1.29, 1.82) is 0 Å². The highest BCUT2D eigenvalue weighted by Gasteiger charge is 2.20. The van der Waals surface area contributed by atoms with Gasteiger partial charge in [0.1, 0.15) is 0 Å². The van der Waals surface area contributed by atoms with E-state index in [2.05, 4.69) is 55.7 Å². The fourth-order valence-corrected chi connectivity index (χ4v) is 2.72. The van der Waals surface area contributed by atoms with E-state index >= 15 is 0 Å². The molecule has 3 nitrogen and oxygen atoms in total. The Hall–Kier alpha value is -1.06. The second kappa shape index (κ2) is 8.54. The van der Waals surface area contributed by atoms with Gasteiger partial charge in [-0.1, -0.05) is 45.0 Å². The molecule has 1 aliphatic rings. The van der Waals surface area contributed by atoms with Crippen LogP contribution in [0.4, 0.5) is 0 Å². The van der Waals surface area contributed by atoms with Crippen LogP contribution < -0.4 is 10.6 Å². The van der Waals surface area contributed by atoms with Crippen LogP contribution in [0, 0.1) is 5.92 Å². The van der Waals surface area contributed by atoms with Crippen LogP contribution in [0.3, 0.4) is 0 Å². The van der Waals surface area contributed by atoms with Crippen molar-refractivity contribution in [2.24, 2.45) is 5.92 Å². The summed E-state index contributed by atoms with van der Waals surface area (Å²) in [4.78, 5) is 12.0. The molecule has 0 aromatic heterocycles. The van der Waals surface area contributed by atoms with Crippen LogP contribution in [0.25, 0.3) is 0 Å². The Balaban J connectivity index is 0.00000242. The van der Waals surface area contributed by atoms with E-state index in [1.54, 1.807) is 0 Å². The Morgan fingerprint density at radius 1 is 1.27 bits per heavy atom. The molecule has 0 radical (unpaired) electrons. The average Bonchev–Trinajstić information content (AvgIpc) is 2.47. The zero-order valence-electron chi connectivity index (χ0n) is 13.9. The molecular formula is C18H29ClN2O. The maximum absolute atomic E-state index is 12.0. The van der Waals surface area contributed by atoms with Gasteiger partial charge in [-0.2, -0.15) is 0 Å². The molecule has 0 bridgehead atoms. The smallest absolute Gasteiger partial charge is 0.224 e. The van der Waals surface area contributed by atoms with Crippen molar-refractivity contribution in [1.82, 2.24) is 10.6 Å². The van der Waals surface area contributed by atoms with Gasteiger partial charge in [0.25, 0.3) is 0 Å². The summed E-state index contributed by atoms with van der Waals surface area (Å²) >= 11 is 0. The van der Waals surface area contributed by atoms with Crippen molar-refractivity contribution >= 4 is 18.3 Å². The maximum atomic E-state index is 12.0. The Morgan fingerprint density at radius 2 is 1.95 bits per heavy atom. The van der Waals surface area contributed by atoms with Gasteiger partial charge in [0, 0.05) is 13.1 Å². The molecule has 1 saturated heterocycles. The molecule has 0 saturated carbocycles. The molecule has 1 heterocycles. The Labute approximate surface area is 140 Å². The van der Waals surface area contributed by atoms with Crippen LogP contribution in [0.2, 0.25) is 0 Å². The van der Waals surface area contributed by atoms with Crippen LogP contribution in [0.15, 0.2) is 24.3 Å². The summed E-state index contributed by atoms with van der Waals surface area (Å²) in [5, 5.41) is 6.35. The van der Waals surface area contributed by atoms with Crippen LogP contribution in [-0.2, 0) is 16.6 Å². The number of halogens is 1. The SMILES string of the molecule is CC(C)(C)c1ccc(CCNC(=O)C2CCCNC2)cc1.Cl. The largest absolute Gasteiger partial charge is 0.355 e. The fraction of sp³-hybridized carbons (Fsp3) is 0.611. The Morgan fingerprint density at radius 3 is 2.50 bits per heavy atom.